The average Bonchev–Trinajstić information content (AvgIpc) is 2.67. The molecule has 5 heteroatoms. The van der Waals surface area contributed by atoms with Crippen LogP contribution in [0.2, 0.25) is 0 Å². The fourth-order valence-electron chi connectivity index (χ4n) is 2.91. The second-order valence-electron chi connectivity index (χ2n) is 7.20. The van der Waals surface area contributed by atoms with Crippen LogP contribution >= 0.6 is 0 Å². The van der Waals surface area contributed by atoms with Gasteiger partial charge < -0.3 is 9.47 Å². The fraction of sp³-hybridized carbons (Fsp3) is 0.333. The lowest BCUT2D eigenvalue weighted by Gasteiger charge is -2.39. The van der Waals surface area contributed by atoms with Gasteiger partial charge in [0.1, 0.15) is 11.5 Å². The molecule has 0 bridgehead atoms. The zero-order chi connectivity index (χ0) is 18.7. The fourth-order valence-corrected chi connectivity index (χ4v) is 2.91. The summed E-state index contributed by atoms with van der Waals surface area (Å²) in [7, 11) is 3.34. The number of nitrogens with zero attached hydrogens (tertiary/aromatic N) is 3. The largest absolute Gasteiger partial charge is 0.497 e. The maximum atomic E-state index is 5.28. The van der Waals surface area contributed by atoms with Crippen molar-refractivity contribution in [3.8, 4) is 11.5 Å². The molecule has 2 aromatic carbocycles. The zero-order valence-electron chi connectivity index (χ0n) is 15.9. The molecule has 1 unspecified atom stereocenters. The van der Waals surface area contributed by atoms with Gasteiger partial charge in [0.25, 0.3) is 0 Å². The van der Waals surface area contributed by atoms with Crippen LogP contribution < -0.4 is 9.47 Å². The number of ether oxygens (including phenoxy) is 2. The summed E-state index contributed by atoms with van der Waals surface area (Å²) in [5, 5.41) is 11.0. The van der Waals surface area contributed by atoms with Gasteiger partial charge in [-0.1, -0.05) is 17.4 Å². The molecule has 0 amide bonds. The highest BCUT2D eigenvalue weighted by atomic mass is 16.5. The summed E-state index contributed by atoms with van der Waals surface area (Å²) < 4.78 is 10.5. The molecule has 26 heavy (non-hydrogen) atoms. The molecule has 1 heterocycles. The van der Waals surface area contributed by atoms with Gasteiger partial charge in [0.15, 0.2) is 0 Å². The van der Waals surface area contributed by atoms with Crippen LogP contribution in [0.4, 0.5) is 0 Å². The van der Waals surface area contributed by atoms with E-state index in [2.05, 4.69) is 49.3 Å². The van der Waals surface area contributed by atoms with Crippen LogP contribution in [0.3, 0.4) is 0 Å². The second kappa shape index (κ2) is 7.20. The molecule has 1 atom stereocenters. The Hall–Kier alpha value is -2.82. The van der Waals surface area contributed by atoms with Crippen molar-refractivity contribution in [1.29, 1.82) is 0 Å². The number of hydrogen-bond acceptors (Lipinski definition) is 5. The zero-order valence-corrected chi connectivity index (χ0v) is 15.9. The standard InChI is InChI=1S/C21H25N3O2/c1-21(2,3)24-20(16-8-12-18(26-5)13-9-16)14-19(22-23-24)15-6-10-17(25-4)11-7-15/h6-14,20H,1-5H3. The minimum Gasteiger partial charge on any atom is -0.497 e. The topological polar surface area (TPSA) is 46.4 Å². The van der Waals surface area contributed by atoms with Crippen LogP contribution in [0, 0.1) is 0 Å². The number of hydrogen-bond donors (Lipinski definition) is 0. The third kappa shape index (κ3) is 3.72. The molecule has 0 aliphatic carbocycles. The highest BCUT2D eigenvalue weighted by molar-refractivity contribution is 5.66. The molecule has 0 spiro atoms. The molecule has 5 nitrogen and oxygen atoms in total. The van der Waals surface area contributed by atoms with Gasteiger partial charge in [0, 0.05) is 5.56 Å². The van der Waals surface area contributed by atoms with Crippen molar-refractivity contribution in [2.24, 2.45) is 10.3 Å². The Kier molecular flexibility index (Phi) is 4.98. The summed E-state index contributed by atoms with van der Waals surface area (Å²) in [6.07, 6.45) is 2.15. The van der Waals surface area contributed by atoms with Crippen molar-refractivity contribution >= 4 is 5.70 Å². The summed E-state index contributed by atoms with van der Waals surface area (Å²) >= 11 is 0. The SMILES string of the molecule is COc1ccc(C2=CC(c3ccc(OC)cc3)N(C(C)(C)C)N=N2)cc1. The Morgan fingerprint density at radius 3 is 1.88 bits per heavy atom. The first-order valence-corrected chi connectivity index (χ1v) is 8.63. The van der Waals surface area contributed by atoms with E-state index in [0.717, 1.165) is 28.3 Å². The van der Waals surface area contributed by atoms with E-state index in [1.807, 2.05) is 41.4 Å². The lowest BCUT2D eigenvalue weighted by atomic mass is 9.97. The van der Waals surface area contributed by atoms with Crippen LogP contribution in [-0.2, 0) is 0 Å². The van der Waals surface area contributed by atoms with Crippen molar-refractivity contribution in [2.45, 2.75) is 32.4 Å². The Morgan fingerprint density at radius 1 is 0.846 bits per heavy atom. The molecule has 0 N–H and O–H groups in total. The summed E-state index contributed by atoms with van der Waals surface area (Å²) in [4.78, 5) is 0. The predicted molar refractivity (Wildman–Crippen MR) is 103 cm³/mol. The van der Waals surface area contributed by atoms with Gasteiger partial charge in [-0.3, -0.25) is 5.01 Å². The predicted octanol–water partition coefficient (Wildman–Crippen LogP) is 5.27. The van der Waals surface area contributed by atoms with Crippen LogP contribution in [0.25, 0.3) is 5.70 Å². The third-order valence-electron chi connectivity index (χ3n) is 4.36. The van der Waals surface area contributed by atoms with Crippen molar-refractivity contribution < 1.29 is 9.47 Å². The normalized spacial score (nSPS) is 17.0. The molecular formula is C21H25N3O2. The molecule has 0 aromatic heterocycles. The number of rotatable bonds is 4. The van der Waals surface area contributed by atoms with Crippen molar-refractivity contribution in [1.82, 2.24) is 5.01 Å². The maximum Gasteiger partial charge on any atom is 0.118 e. The van der Waals surface area contributed by atoms with E-state index in [1.54, 1.807) is 14.2 Å². The molecule has 0 saturated heterocycles. The molecule has 0 fully saturated rings. The first-order chi connectivity index (χ1) is 12.4. The monoisotopic (exact) mass is 351 g/mol. The summed E-state index contributed by atoms with van der Waals surface area (Å²) in [5.41, 5.74) is 2.86. The maximum absolute atomic E-state index is 5.28. The molecule has 1 aliphatic heterocycles. The van der Waals surface area contributed by atoms with Gasteiger partial charge in [-0.15, -0.1) is 5.11 Å². The van der Waals surface area contributed by atoms with Gasteiger partial charge in [0.05, 0.1) is 31.5 Å². The Bertz CT molecular complexity index is 803. The number of benzene rings is 2. The van der Waals surface area contributed by atoms with Gasteiger partial charge in [0.2, 0.25) is 0 Å². The highest BCUT2D eigenvalue weighted by Crippen LogP contribution is 2.37. The molecule has 1 aliphatic rings. The lowest BCUT2D eigenvalue weighted by molar-refractivity contribution is 0.0940. The Labute approximate surface area is 154 Å². The van der Waals surface area contributed by atoms with Crippen LogP contribution in [0.1, 0.15) is 37.9 Å². The minimum atomic E-state index is -0.157. The quantitative estimate of drug-likeness (QED) is 0.754. The average molecular weight is 351 g/mol. The number of methoxy groups -OCH3 is 2. The summed E-state index contributed by atoms with van der Waals surface area (Å²) in [5.74, 6) is 1.66. The van der Waals surface area contributed by atoms with E-state index in [1.165, 1.54) is 0 Å². The van der Waals surface area contributed by atoms with E-state index < -0.39 is 0 Å². The van der Waals surface area contributed by atoms with Gasteiger partial charge in [-0.25, -0.2) is 0 Å². The van der Waals surface area contributed by atoms with Crippen LogP contribution in [0.5, 0.6) is 11.5 Å². The lowest BCUT2D eigenvalue weighted by Crippen LogP contribution is -2.40. The third-order valence-corrected chi connectivity index (χ3v) is 4.36. The molecule has 3 rings (SSSR count). The minimum absolute atomic E-state index is 0.00416. The summed E-state index contributed by atoms with van der Waals surface area (Å²) in [6, 6.07) is 16.0. The van der Waals surface area contributed by atoms with Gasteiger partial charge in [-0.2, -0.15) is 0 Å². The van der Waals surface area contributed by atoms with Crippen molar-refractivity contribution in [2.75, 3.05) is 14.2 Å². The van der Waals surface area contributed by atoms with Gasteiger partial charge >= 0.3 is 0 Å². The van der Waals surface area contributed by atoms with Crippen molar-refractivity contribution in [3.63, 3.8) is 0 Å². The molecule has 0 radical (unpaired) electrons. The summed E-state index contributed by atoms with van der Waals surface area (Å²) in [6.45, 7) is 6.40. The van der Waals surface area contributed by atoms with Crippen molar-refractivity contribution in [3.05, 3.63) is 65.7 Å². The molecule has 2 aromatic rings. The molecule has 0 saturated carbocycles. The van der Waals surface area contributed by atoms with Crippen LogP contribution in [0.15, 0.2) is 64.9 Å². The first kappa shape index (κ1) is 18.0. The van der Waals surface area contributed by atoms with Gasteiger partial charge in [-0.05, 0) is 68.8 Å². The van der Waals surface area contributed by atoms with E-state index >= 15 is 0 Å². The van der Waals surface area contributed by atoms with Crippen LogP contribution in [-0.4, -0.2) is 24.8 Å². The molecular weight excluding hydrogens is 326 g/mol. The smallest absolute Gasteiger partial charge is 0.118 e. The van der Waals surface area contributed by atoms with E-state index in [-0.39, 0.29) is 11.6 Å². The second-order valence-corrected chi connectivity index (χ2v) is 7.20. The Morgan fingerprint density at radius 2 is 1.38 bits per heavy atom. The van der Waals surface area contributed by atoms with E-state index in [0.29, 0.717) is 0 Å². The molecule has 136 valence electrons. The highest BCUT2D eigenvalue weighted by Gasteiger charge is 2.31. The first-order valence-electron chi connectivity index (χ1n) is 8.63. The van der Waals surface area contributed by atoms with E-state index in [9.17, 15) is 0 Å². The van der Waals surface area contributed by atoms with E-state index in [4.69, 9.17) is 9.47 Å². The Balaban J connectivity index is 1.99.